The third-order valence-corrected chi connectivity index (χ3v) is 0.707. The molecule has 0 unspecified atom stereocenters. The Labute approximate surface area is 80.8 Å². The Morgan fingerprint density at radius 1 is 0.750 bits per heavy atom. The van der Waals surface area contributed by atoms with Gasteiger partial charge in [0, 0.05) is 0 Å². The first-order valence-electron chi connectivity index (χ1n) is 5.41. The standard InChI is InChI=1S/2C5H12.C2H6/c1-5(2,3)4;1-3-5-4-2;1-2/h1-4H3;3-5H2,1-2H3;1-2H3. The highest BCUT2D eigenvalue weighted by Crippen LogP contribution is 2.08. The largest absolute Gasteiger partial charge is 0.0683 e. The van der Waals surface area contributed by atoms with Crippen LogP contribution in [0.3, 0.4) is 0 Å². The van der Waals surface area contributed by atoms with Gasteiger partial charge in [-0.3, -0.25) is 0 Å². The molecular formula is C12H30. The van der Waals surface area contributed by atoms with Crippen molar-refractivity contribution in [3.8, 4) is 0 Å². The van der Waals surface area contributed by atoms with Gasteiger partial charge in [0.25, 0.3) is 0 Å². The molecule has 0 aliphatic carbocycles. The van der Waals surface area contributed by atoms with E-state index in [0.29, 0.717) is 5.41 Å². The van der Waals surface area contributed by atoms with E-state index in [1.807, 2.05) is 13.8 Å². The van der Waals surface area contributed by atoms with Crippen molar-refractivity contribution in [1.82, 2.24) is 0 Å². The Morgan fingerprint density at radius 3 is 0.917 bits per heavy atom. The predicted molar refractivity (Wildman–Crippen MR) is 61.7 cm³/mol. The zero-order valence-electron chi connectivity index (χ0n) is 10.6. The summed E-state index contributed by atoms with van der Waals surface area (Å²) < 4.78 is 0. The average Bonchev–Trinajstić information content (AvgIpc) is 1.90. The Kier molecular flexibility index (Phi) is 20.3. The number of hydrogen-bond acceptors (Lipinski definition) is 0. The summed E-state index contributed by atoms with van der Waals surface area (Å²) in [5.41, 5.74) is 0.500. The van der Waals surface area contributed by atoms with Crippen molar-refractivity contribution >= 4 is 0 Å². The van der Waals surface area contributed by atoms with Crippen molar-refractivity contribution in [3.05, 3.63) is 0 Å². The minimum absolute atomic E-state index is 0.500. The maximum Gasteiger partial charge on any atom is -0.0411 e. The van der Waals surface area contributed by atoms with Crippen LogP contribution in [0.25, 0.3) is 0 Å². The molecule has 0 aliphatic rings. The van der Waals surface area contributed by atoms with Gasteiger partial charge in [0.05, 0.1) is 0 Å². The highest BCUT2D eigenvalue weighted by molar-refractivity contribution is 4.47. The van der Waals surface area contributed by atoms with E-state index in [9.17, 15) is 0 Å². The van der Waals surface area contributed by atoms with Crippen LogP contribution in [0.1, 0.15) is 74.7 Å². The minimum atomic E-state index is 0.500. The minimum Gasteiger partial charge on any atom is -0.0683 e. The van der Waals surface area contributed by atoms with Crippen LogP contribution in [0.5, 0.6) is 0 Å². The van der Waals surface area contributed by atoms with Gasteiger partial charge in [-0.25, -0.2) is 0 Å². The Hall–Kier alpha value is 0. The fraction of sp³-hybridized carbons (Fsp3) is 1.00. The molecule has 0 N–H and O–H groups in total. The van der Waals surface area contributed by atoms with Crippen LogP contribution in [-0.2, 0) is 0 Å². The molecule has 0 nitrogen and oxygen atoms in total. The quantitative estimate of drug-likeness (QED) is 0.534. The van der Waals surface area contributed by atoms with Crippen LogP contribution < -0.4 is 0 Å². The number of rotatable bonds is 2. The lowest BCUT2D eigenvalue weighted by molar-refractivity contribution is 0.469. The van der Waals surface area contributed by atoms with Gasteiger partial charge in [0.1, 0.15) is 0 Å². The van der Waals surface area contributed by atoms with E-state index < -0.39 is 0 Å². The second kappa shape index (κ2) is 13.6. The Bertz CT molecular complexity index is 39.5. The molecule has 0 heteroatoms. The van der Waals surface area contributed by atoms with E-state index in [4.69, 9.17) is 0 Å². The molecule has 0 radical (unpaired) electrons. The smallest absolute Gasteiger partial charge is 0.0411 e. The van der Waals surface area contributed by atoms with E-state index >= 15 is 0 Å². The lowest BCUT2D eigenvalue weighted by Crippen LogP contribution is -1.93. The molecule has 0 aromatic carbocycles. The van der Waals surface area contributed by atoms with Gasteiger partial charge in [-0.2, -0.15) is 0 Å². The third-order valence-electron chi connectivity index (χ3n) is 0.707. The van der Waals surface area contributed by atoms with Crippen molar-refractivity contribution in [3.63, 3.8) is 0 Å². The van der Waals surface area contributed by atoms with Crippen LogP contribution >= 0.6 is 0 Å². The van der Waals surface area contributed by atoms with Gasteiger partial charge < -0.3 is 0 Å². The summed E-state index contributed by atoms with van der Waals surface area (Å²) in [6.45, 7) is 17.2. The SMILES string of the molecule is CC.CC(C)(C)C.CCCCC. The fourth-order valence-corrected chi connectivity index (χ4v) is 0.354. The summed E-state index contributed by atoms with van der Waals surface area (Å²) in [6.07, 6.45) is 4.08. The summed E-state index contributed by atoms with van der Waals surface area (Å²) in [7, 11) is 0. The van der Waals surface area contributed by atoms with Gasteiger partial charge in [-0.05, 0) is 5.41 Å². The summed E-state index contributed by atoms with van der Waals surface area (Å²) >= 11 is 0. The molecule has 0 heterocycles. The number of unbranched alkanes of at least 4 members (excludes halogenated alkanes) is 2. The van der Waals surface area contributed by atoms with E-state index in [-0.39, 0.29) is 0 Å². The van der Waals surface area contributed by atoms with Crippen molar-refractivity contribution in [2.45, 2.75) is 74.7 Å². The van der Waals surface area contributed by atoms with Crippen LogP contribution in [0.4, 0.5) is 0 Å². The van der Waals surface area contributed by atoms with E-state index in [0.717, 1.165) is 0 Å². The van der Waals surface area contributed by atoms with Gasteiger partial charge in [-0.1, -0.05) is 74.7 Å². The van der Waals surface area contributed by atoms with E-state index in [1.165, 1.54) is 19.3 Å². The average molecular weight is 174 g/mol. The summed E-state index contributed by atoms with van der Waals surface area (Å²) in [4.78, 5) is 0. The van der Waals surface area contributed by atoms with Gasteiger partial charge in [-0.15, -0.1) is 0 Å². The van der Waals surface area contributed by atoms with Crippen molar-refractivity contribution in [2.75, 3.05) is 0 Å². The molecule has 12 heavy (non-hydrogen) atoms. The monoisotopic (exact) mass is 174 g/mol. The topological polar surface area (TPSA) is 0 Å². The molecular weight excluding hydrogens is 144 g/mol. The molecule has 0 rings (SSSR count). The van der Waals surface area contributed by atoms with Crippen molar-refractivity contribution in [2.24, 2.45) is 5.41 Å². The van der Waals surface area contributed by atoms with E-state index in [2.05, 4.69) is 41.5 Å². The molecule has 0 atom stereocenters. The summed E-state index contributed by atoms with van der Waals surface area (Å²) in [5, 5.41) is 0. The van der Waals surface area contributed by atoms with Crippen LogP contribution in [0.15, 0.2) is 0 Å². The first-order valence-corrected chi connectivity index (χ1v) is 5.41. The molecule has 0 bridgehead atoms. The Morgan fingerprint density at radius 2 is 0.917 bits per heavy atom. The summed E-state index contributed by atoms with van der Waals surface area (Å²) in [6, 6.07) is 0. The maximum atomic E-state index is 2.21. The molecule has 0 spiro atoms. The van der Waals surface area contributed by atoms with Crippen molar-refractivity contribution in [1.29, 1.82) is 0 Å². The molecule has 0 saturated heterocycles. The second-order valence-corrected chi connectivity index (χ2v) is 4.35. The molecule has 78 valence electrons. The van der Waals surface area contributed by atoms with Gasteiger partial charge >= 0.3 is 0 Å². The molecule has 0 aromatic rings. The van der Waals surface area contributed by atoms with Crippen molar-refractivity contribution < 1.29 is 0 Å². The Balaban J connectivity index is -0.000000112. The zero-order valence-corrected chi connectivity index (χ0v) is 10.6. The van der Waals surface area contributed by atoms with Crippen LogP contribution in [-0.4, -0.2) is 0 Å². The van der Waals surface area contributed by atoms with Crippen LogP contribution in [0.2, 0.25) is 0 Å². The molecule has 0 saturated carbocycles. The number of hydrogen-bond donors (Lipinski definition) is 0. The first-order chi connectivity index (χ1) is 5.41. The second-order valence-electron chi connectivity index (χ2n) is 4.35. The lowest BCUT2D eigenvalue weighted by atomic mass is 10.0. The lowest BCUT2D eigenvalue weighted by Gasteiger charge is -2.05. The summed E-state index contributed by atoms with van der Waals surface area (Å²) in [5.74, 6) is 0. The van der Waals surface area contributed by atoms with Gasteiger partial charge in [0.15, 0.2) is 0 Å². The van der Waals surface area contributed by atoms with Crippen LogP contribution in [0, 0.1) is 5.41 Å². The highest BCUT2D eigenvalue weighted by atomic mass is 14.0. The molecule has 0 aliphatic heterocycles. The predicted octanol–water partition coefficient (Wildman–Crippen LogP) is 5.28. The normalized spacial score (nSPS) is 9.00. The molecule has 0 aromatic heterocycles. The van der Waals surface area contributed by atoms with E-state index in [1.54, 1.807) is 0 Å². The molecule has 0 fully saturated rings. The first kappa shape index (κ1) is 17.9. The fourth-order valence-electron chi connectivity index (χ4n) is 0.354. The van der Waals surface area contributed by atoms with Gasteiger partial charge in [0.2, 0.25) is 0 Å². The highest BCUT2D eigenvalue weighted by Gasteiger charge is 1.95. The maximum absolute atomic E-state index is 2.21. The third kappa shape index (κ3) is 202. The zero-order chi connectivity index (χ0) is 10.6. The molecule has 0 amide bonds.